The van der Waals surface area contributed by atoms with Gasteiger partial charge in [0, 0.05) is 5.75 Å². The van der Waals surface area contributed by atoms with E-state index in [1.54, 1.807) is 18.9 Å². The van der Waals surface area contributed by atoms with E-state index in [-0.39, 0.29) is 0 Å². The van der Waals surface area contributed by atoms with Crippen LogP contribution in [0.2, 0.25) is 0 Å². The largest absolute Gasteiger partial charge is 0.472 e. The van der Waals surface area contributed by atoms with Crippen molar-refractivity contribution in [1.29, 1.82) is 0 Å². The van der Waals surface area contributed by atoms with Gasteiger partial charge in [-0.3, -0.25) is 0 Å². The van der Waals surface area contributed by atoms with Crippen LogP contribution >= 0.6 is 23.1 Å². The van der Waals surface area contributed by atoms with E-state index in [4.69, 9.17) is 4.74 Å². The number of nitrogens with zero attached hydrogens (tertiary/aromatic N) is 2. The molecule has 0 bridgehead atoms. The fourth-order valence-electron chi connectivity index (χ4n) is 1.06. The zero-order valence-electron chi connectivity index (χ0n) is 8.21. The number of hydrogen-bond donors (Lipinski definition) is 0. The van der Waals surface area contributed by atoms with Crippen molar-refractivity contribution in [3.05, 3.63) is 35.9 Å². The molecule has 2 aromatic rings. The molecule has 0 fully saturated rings. The Hall–Kier alpha value is -1.07. The summed E-state index contributed by atoms with van der Waals surface area (Å²) < 4.78 is 5.92. The molecule has 0 unspecified atom stereocenters. The second-order valence-electron chi connectivity index (χ2n) is 2.81. The Morgan fingerprint density at radius 2 is 2.07 bits per heavy atom. The lowest BCUT2D eigenvalue weighted by Crippen LogP contribution is -1.79. The molecule has 0 aliphatic heterocycles. The molecular weight excluding hydrogens is 228 g/mol. The third-order valence-corrected chi connectivity index (χ3v) is 3.86. The Balaban J connectivity index is 1.93. The summed E-state index contributed by atoms with van der Waals surface area (Å²) in [6.07, 6.45) is 0. The minimum atomic E-state index is 0.616. The SMILES string of the molecule is COc1nnc(SCc2ccccc2)s1. The molecule has 0 atom stereocenters. The average Bonchev–Trinajstić information content (AvgIpc) is 2.76. The third-order valence-electron chi connectivity index (χ3n) is 1.77. The Morgan fingerprint density at radius 1 is 1.27 bits per heavy atom. The summed E-state index contributed by atoms with van der Waals surface area (Å²) in [5.74, 6) is 0.916. The summed E-state index contributed by atoms with van der Waals surface area (Å²) in [5.41, 5.74) is 1.29. The first-order valence-corrected chi connectivity index (χ1v) is 6.23. The van der Waals surface area contributed by atoms with Gasteiger partial charge in [-0.15, -0.1) is 5.10 Å². The number of ether oxygens (including phenoxy) is 1. The van der Waals surface area contributed by atoms with Gasteiger partial charge in [0.25, 0.3) is 5.19 Å². The monoisotopic (exact) mass is 238 g/mol. The Bertz CT molecular complexity index is 416. The van der Waals surface area contributed by atoms with E-state index in [0.29, 0.717) is 5.19 Å². The summed E-state index contributed by atoms with van der Waals surface area (Å²) in [6.45, 7) is 0. The van der Waals surface area contributed by atoms with Crippen LogP contribution in [0.4, 0.5) is 0 Å². The lowest BCUT2D eigenvalue weighted by atomic mass is 10.2. The quantitative estimate of drug-likeness (QED) is 0.767. The third kappa shape index (κ3) is 2.94. The molecule has 0 aliphatic rings. The molecule has 15 heavy (non-hydrogen) atoms. The molecule has 0 amide bonds. The van der Waals surface area contributed by atoms with Gasteiger partial charge in [-0.25, -0.2) is 0 Å². The van der Waals surface area contributed by atoms with Gasteiger partial charge in [0.2, 0.25) is 0 Å². The van der Waals surface area contributed by atoms with Crippen LogP contribution in [0.5, 0.6) is 5.19 Å². The summed E-state index contributed by atoms with van der Waals surface area (Å²) in [4.78, 5) is 0. The van der Waals surface area contributed by atoms with Crippen LogP contribution in [-0.2, 0) is 5.75 Å². The van der Waals surface area contributed by atoms with Crippen LogP contribution in [0.25, 0.3) is 0 Å². The van der Waals surface area contributed by atoms with E-state index in [1.165, 1.54) is 16.9 Å². The molecular formula is C10H10N2OS2. The summed E-state index contributed by atoms with van der Waals surface area (Å²) in [7, 11) is 1.60. The first kappa shape index (κ1) is 10.4. The van der Waals surface area contributed by atoms with E-state index in [2.05, 4.69) is 22.3 Å². The van der Waals surface area contributed by atoms with E-state index >= 15 is 0 Å². The standard InChI is InChI=1S/C10H10N2OS2/c1-13-9-11-12-10(15-9)14-7-8-5-3-2-4-6-8/h2-6H,7H2,1H3. The fourth-order valence-corrected chi connectivity index (χ4v) is 2.66. The van der Waals surface area contributed by atoms with E-state index in [9.17, 15) is 0 Å². The van der Waals surface area contributed by atoms with Crippen LogP contribution in [0.3, 0.4) is 0 Å². The molecule has 0 saturated heterocycles. The summed E-state index contributed by atoms with van der Waals surface area (Å²) in [5, 5.41) is 8.50. The zero-order chi connectivity index (χ0) is 10.5. The van der Waals surface area contributed by atoms with E-state index in [0.717, 1.165) is 10.1 Å². The molecule has 0 aliphatic carbocycles. The van der Waals surface area contributed by atoms with Crippen LogP contribution in [0.1, 0.15) is 5.56 Å². The van der Waals surface area contributed by atoms with Crippen molar-refractivity contribution in [3.63, 3.8) is 0 Å². The molecule has 1 aromatic carbocycles. The second kappa shape index (κ2) is 5.14. The number of hydrogen-bond acceptors (Lipinski definition) is 5. The smallest absolute Gasteiger partial charge is 0.294 e. The molecule has 5 heteroatoms. The van der Waals surface area contributed by atoms with Crippen molar-refractivity contribution in [2.24, 2.45) is 0 Å². The normalized spacial score (nSPS) is 10.2. The van der Waals surface area contributed by atoms with Crippen molar-refractivity contribution < 1.29 is 4.74 Å². The highest BCUT2D eigenvalue weighted by Crippen LogP contribution is 2.28. The number of thioether (sulfide) groups is 1. The van der Waals surface area contributed by atoms with Gasteiger partial charge in [0.1, 0.15) is 0 Å². The topological polar surface area (TPSA) is 35.0 Å². The number of methoxy groups -OCH3 is 1. The van der Waals surface area contributed by atoms with Gasteiger partial charge in [-0.2, -0.15) is 0 Å². The molecule has 78 valence electrons. The molecule has 1 heterocycles. The van der Waals surface area contributed by atoms with Gasteiger partial charge in [-0.1, -0.05) is 47.2 Å². The molecule has 0 N–H and O–H groups in total. The Labute approximate surface area is 96.5 Å². The molecule has 2 rings (SSSR count). The lowest BCUT2D eigenvalue weighted by Gasteiger charge is -1.96. The Kier molecular flexibility index (Phi) is 3.58. The fraction of sp³-hybridized carbons (Fsp3) is 0.200. The first-order chi connectivity index (χ1) is 7.38. The number of rotatable bonds is 4. The van der Waals surface area contributed by atoms with Gasteiger partial charge in [0.15, 0.2) is 4.34 Å². The second-order valence-corrected chi connectivity index (χ2v) is 4.97. The first-order valence-electron chi connectivity index (χ1n) is 4.42. The van der Waals surface area contributed by atoms with Crippen molar-refractivity contribution >= 4 is 23.1 Å². The number of aromatic nitrogens is 2. The van der Waals surface area contributed by atoms with E-state index < -0.39 is 0 Å². The van der Waals surface area contributed by atoms with Crippen molar-refractivity contribution in [1.82, 2.24) is 10.2 Å². The highest BCUT2D eigenvalue weighted by Gasteiger charge is 2.04. The highest BCUT2D eigenvalue weighted by molar-refractivity contribution is 8.00. The predicted octanol–water partition coefficient (Wildman–Crippen LogP) is 2.84. The van der Waals surface area contributed by atoms with Gasteiger partial charge in [0.05, 0.1) is 7.11 Å². The minimum absolute atomic E-state index is 0.616. The molecule has 0 saturated carbocycles. The Morgan fingerprint density at radius 3 is 2.73 bits per heavy atom. The molecule has 3 nitrogen and oxygen atoms in total. The average molecular weight is 238 g/mol. The van der Waals surface area contributed by atoms with Crippen molar-refractivity contribution in [3.8, 4) is 5.19 Å². The summed E-state index contributed by atoms with van der Waals surface area (Å²) >= 11 is 3.15. The molecule has 0 radical (unpaired) electrons. The van der Waals surface area contributed by atoms with Crippen LogP contribution in [0.15, 0.2) is 34.7 Å². The van der Waals surface area contributed by atoms with Gasteiger partial charge >= 0.3 is 0 Å². The van der Waals surface area contributed by atoms with Crippen LogP contribution in [0, 0.1) is 0 Å². The molecule has 0 spiro atoms. The maximum Gasteiger partial charge on any atom is 0.294 e. The van der Waals surface area contributed by atoms with E-state index in [1.807, 2.05) is 18.2 Å². The number of benzene rings is 1. The maximum atomic E-state index is 4.98. The van der Waals surface area contributed by atoms with Gasteiger partial charge in [-0.05, 0) is 16.9 Å². The van der Waals surface area contributed by atoms with Crippen molar-refractivity contribution in [2.75, 3.05) is 7.11 Å². The van der Waals surface area contributed by atoms with Crippen LogP contribution < -0.4 is 4.74 Å². The predicted molar refractivity (Wildman–Crippen MR) is 62.5 cm³/mol. The van der Waals surface area contributed by atoms with Crippen LogP contribution in [-0.4, -0.2) is 17.3 Å². The lowest BCUT2D eigenvalue weighted by molar-refractivity contribution is 0.407. The molecule has 1 aromatic heterocycles. The van der Waals surface area contributed by atoms with Gasteiger partial charge < -0.3 is 4.74 Å². The highest BCUT2D eigenvalue weighted by atomic mass is 32.2. The summed E-state index contributed by atoms with van der Waals surface area (Å²) in [6, 6.07) is 10.3. The van der Waals surface area contributed by atoms with Crippen molar-refractivity contribution in [2.45, 2.75) is 10.1 Å². The zero-order valence-corrected chi connectivity index (χ0v) is 9.85. The minimum Gasteiger partial charge on any atom is -0.472 e. The maximum absolute atomic E-state index is 4.98.